The lowest BCUT2D eigenvalue weighted by atomic mass is 10.2. The molecule has 22 heavy (non-hydrogen) atoms. The molecule has 2 aromatic rings. The van der Waals surface area contributed by atoms with Crippen molar-refractivity contribution < 1.29 is 22.7 Å². The lowest BCUT2D eigenvalue weighted by Crippen LogP contribution is -2.14. The summed E-state index contributed by atoms with van der Waals surface area (Å²) in [5, 5.41) is 0.0937. The van der Waals surface area contributed by atoms with E-state index in [9.17, 15) is 18.0 Å². The molecule has 0 bridgehead atoms. The zero-order chi connectivity index (χ0) is 15.9. The summed E-state index contributed by atoms with van der Waals surface area (Å²) in [5.41, 5.74) is 0.201. The van der Waals surface area contributed by atoms with Gasteiger partial charge in [0, 0.05) is 11.8 Å². The van der Waals surface area contributed by atoms with Crippen molar-refractivity contribution in [3.05, 3.63) is 30.1 Å². The van der Waals surface area contributed by atoms with Gasteiger partial charge in [0.2, 0.25) is 5.82 Å². The van der Waals surface area contributed by atoms with Crippen LogP contribution in [0.4, 0.5) is 13.2 Å². The number of esters is 1. The Morgan fingerprint density at radius 1 is 1.27 bits per heavy atom. The zero-order valence-corrected chi connectivity index (χ0v) is 12.2. The van der Waals surface area contributed by atoms with E-state index in [4.69, 9.17) is 4.74 Å². The monoisotopic (exact) mass is 328 g/mol. The molecule has 1 aliphatic rings. The van der Waals surface area contributed by atoms with E-state index in [1.807, 2.05) is 0 Å². The molecule has 0 N–H and O–H groups in total. The van der Waals surface area contributed by atoms with Crippen LogP contribution in [0.3, 0.4) is 0 Å². The van der Waals surface area contributed by atoms with Gasteiger partial charge in [-0.25, -0.2) is 9.97 Å². The maximum absolute atomic E-state index is 12.9. The third-order valence-electron chi connectivity index (χ3n) is 3.20. The normalized spacial score (nSPS) is 22.1. The number of hydrogen-bond donors (Lipinski definition) is 0. The Hall–Kier alpha value is -1.83. The van der Waals surface area contributed by atoms with Gasteiger partial charge in [0.05, 0.1) is 5.52 Å². The molecule has 1 fully saturated rings. The van der Waals surface area contributed by atoms with Gasteiger partial charge in [0.25, 0.3) is 0 Å². The second-order valence-electron chi connectivity index (χ2n) is 4.96. The average Bonchev–Trinajstić information content (AvgIpc) is 2.76. The van der Waals surface area contributed by atoms with E-state index in [1.165, 1.54) is 6.07 Å². The Bertz CT molecular complexity index is 736. The summed E-state index contributed by atoms with van der Waals surface area (Å²) in [6.45, 7) is 1.75. The van der Waals surface area contributed by atoms with Crippen molar-refractivity contribution in [2.45, 2.75) is 35.9 Å². The fourth-order valence-electron chi connectivity index (χ4n) is 2.22. The number of rotatable bonds is 2. The van der Waals surface area contributed by atoms with E-state index < -0.39 is 23.2 Å². The lowest BCUT2D eigenvalue weighted by Gasteiger charge is -2.11. The van der Waals surface area contributed by atoms with Gasteiger partial charge in [-0.1, -0.05) is 30.0 Å². The molecule has 1 aromatic carbocycles. The Morgan fingerprint density at radius 2 is 2.00 bits per heavy atom. The van der Waals surface area contributed by atoms with Crippen molar-refractivity contribution in [2.75, 3.05) is 0 Å². The topological polar surface area (TPSA) is 52.1 Å². The number of alkyl halides is 3. The Balaban J connectivity index is 2.05. The summed E-state index contributed by atoms with van der Waals surface area (Å²) < 4.78 is 43.8. The first-order valence-corrected chi connectivity index (χ1v) is 7.43. The van der Waals surface area contributed by atoms with E-state index in [0.29, 0.717) is 11.8 Å². The second kappa shape index (κ2) is 5.42. The molecular formula is C14H11F3N2O2S. The van der Waals surface area contributed by atoms with Gasteiger partial charge in [-0.05, 0) is 13.0 Å². The number of nitrogens with zero attached hydrogens (tertiary/aromatic N) is 2. The first-order chi connectivity index (χ1) is 10.3. The summed E-state index contributed by atoms with van der Waals surface area (Å²) in [6.07, 6.45) is -4.42. The number of ether oxygens (including phenoxy) is 1. The van der Waals surface area contributed by atoms with E-state index in [0.717, 1.165) is 11.8 Å². The molecule has 1 saturated heterocycles. The molecule has 0 saturated carbocycles. The summed E-state index contributed by atoms with van der Waals surface area (Å²) in [6, 6.07) is 6.43. The number of carbonyl (C=O) groups is 1. The minimum absolute atomic E-state index is 0.147. The summed E-state index contributed by atoms with van der Waals surface area (Å²) in [5.74, 6) is -1.62. The minimum atomic E-state index is -4.64. The van der Waals surface area contributed by atoms with E-state index >= 15 is 0 Å². The zero-order valence-electron chi connectivity index (χ0n) is 11.4. The molecule has 0 unspecified atom stereocenters. The van der Waals surface area contributed by atoms with Crippen LogP contribution in [-0.4, -0.2) is 27.3 Å². The van der Waals surface area contributed by atoms with Gasteiger partial charge in [-0.2, -0.15) is 13.2 Å². The molecule has 1 aliphatic heterocycles. The molecule has 4 nitrogen and oxygen atoms in total. The number of hydrogen-bond acceptors (Lipinski definition) is 5. The minimum Gasteiger partial charge on any atom is -0.462 e. The molecule has 116 valence electrons. The Morgan fingerprint density at radius 3 is 2.64 bits per heavy atom. The van der Waals surface area contributed by atoms with Crippen LogP contribution >= 0.6 is 11.8 Å². The molecule has 0 aliphatic carbocycles. The highest BCUT2D eigenvalue weighted by Crippen LogP contribution is 2.36. The number of cyclic esters (lactones) is 1. The molecule has 2 heterocycles. The summed E-state index contributed by atoms with van der Waals surface area (Å²) in [7, 11) is 0. The molecule has 3 rings (SSSR count). The highest BCUT2D eigenvalue weighted by Gasteiger charge is 2.37. The third kappa shape index (κ3) is 2.87. The number of aromatic nitrogens is 2. The first kappa shape index (κ1) is 15.1. The van der Waals surface area contributed by atoms with Gasteiger partial charge in [0.1, 0.15) is 16.4 Å². The molecule has 1 aromatic heterocycles. The van der Waals surface area contributed by atoms with Crippen LogP contribution in [0.5, 0.6) is 0 Å². The summed E-state index contributed by atoms with van der Waals surface area (Å²) >= 11 is 0.997. The van der Waals surface area contributed by atoms with Gasteiger partial charge in [-0.15, -0.1) is 0 Å². The number of halogens is 3. The molecule has 2 atom stereocenters. The van der Waals surface area contributed by atoms with Crippen molar-refractivity contribution >= 4 is 28.6 Å². The fraction of sp³-hybridized carbons (Fsp3) is 0.357. The maximum atomic E-state index is 12.9. The lowest BCUT2D eigenvalue weighted by molar-refractivity contribution is -0.145. The third-order valence-corrected chi connectivity index (χ3v) is 4.41. The predicted molar refractivity (Wildman–Crippen MR) is 74.4 cm³/mol. The number of fused-ring (bicyclic) bond motifs is 1. The number of benzene rings is 1. The highest BCUT2D eigenvalue weighted by atomic mass is 32.2. The van der Waals surface area contributed by atoms with Crippen molar-refractivity contribution in [1.82, 2.24) is 9.97 Å². The Labute approximate surface area is 128 Å². The van der Waals surface area contributed by atoms with Crippen molar-refractivity contribution in [3.63, 3.8) is 0 Å². The average molecular weight is 328 g/mol. The van der Waals surface area contributed by atoms with E-state index in [2.05, 4.69) is 9.97 Å². The van der Waals surface area contributed by atoms with Crippen LogP contribution in [0, 0.1) is 0 Å². The van der Waals surface area contributed by atoms with Gasteiger partial charge >= 0.3 is 12.1 Å². The number of para-hydroxylation sites is 1. The van der Waals surface area contributed by atoms with Gasteiger partial charge < -0.3 is 4.74 Å². The molecule has 0 spiro atoms. The summed E-state index contributed by atoms with van der Waals surface area (Å²) in [4.78, 5) is 18.9. The smallest absolute Gasteiger partial charge is 0.451 e. The first-order valence-electron chi connectivity index (χ1n) is 6.56. The number of carbonyl (C=O) groups excluding carboxylic acids is 1. The van der Waals surface area contributed by atoms with E-state index in [-0.39, 0.29) is 16.6 Å². The van der Waals surface area contributed by atoms with Gasteiger partial charge in [0.15, 0.2) is 0 Å². The quantitative estimate of drug-likeness (QED) is 0.624. The molecular weight excluding hydrogens is 317 g/mol. The molecule has 0 radical (unpaired) electrons. The van der Waals surface area contributed by atoms with Crippen LogP contribution in [0.1, 0.15) is 19.2 Å². The molecule has 8 heteroatoms. The highest BCUT2D eigenvalue weighted by molar-refractivity contribution is 8.00. The van der Waals surface area contributed by atoms with Crippen molar-refractivity contribution in [1.29, 1.82) is 0 Å². The van der Waals surface area contributed by atoms with Crippen LogP contribution in [0.25, 0.3) is 10.9 Å². The van der Waals surface area contributed by atoms with Gasteiger partial charge in [-0.3, -0.25) is 4.79 Å². The van der Waals surface area contributed by atoms with Crippen LogP contribution in [0.2, 0.25) is 0 Å². The SMILES string of the molecule is C[C@H]1C[C@@H](Sc2nc(C(F)(F)F)nc3ccccc23)C(=O)O1. The maximum Gasteiger partial charge on any atom is 0.451 e. The molecule has 0 amide bonds. The van der Waals surface area contributed by atoms with Crippen molar-refractivity contribution in [3.8, 4) is 0 Å². The van der Waals surface area contributed by atoms with E-state index in [1.54, 1.807) is 25.1 Å². The fourth-order valence-corrected chi connectivity index (χ4v) is 3.44. The van der Waals surface area contributed by atoms with Crippen LogP contribution in [-0.2, 0) is 15.7 Å². The van der Waals surface area contributed by atoms with Crippen LogP contribution in [0.15, 0.2) is 29.3 Å². The van der Waals surface area contributed by atoms with Crippen LogP contribution < -0.4 is 0 Å². The predicted octanol–water partition coefficient (Wildman–Crippen LogP) is 3.44. The number of thioether (sulfide) groups is 1. The second-order valence-corrected chi connectivity index (χ2v) is 6.15. The standard InChI is InChI=1S/C14H11F3N2O2S/c1-7-6-10(12(20)21-7)22-11-8-4-2-3-5-9(8)18-13(19-11)14(15,16)17/h2-5,7,10H,6H2,1H3/t7-,10+/m0/s1. The Kier molecular flexibility index (Phi) is 3.72. The van der Waals surface area contributed by atoms with Crippen molar-refractivity contribution in [2.24, 2.45) is 0 Å². The largest absolute Gasteiger partial charge is 0.462 e.